The Balaban J connectivity index is 1.67. The molecular formula is C15H15F3N2O3. The summed E-state index contributed by atoms with van der Waals surface area (Å²) in [6.07, 6.45) is 0.708. The predicted molar refractivity (Wildman–Crippen MR) is 73.3 cm³/mol. The highest BCUT2D eigenvalue weighted by Gasteiger charge is 2.34. The lowest BCUT2D eigenvalue weighted by atomic mass is 10.0. The molecule has 1 aromatic carbocycles. The van der Waals surface area contributed by atoms with Crippen LogP contribution in [0.5, 0.6) is 0 Å². The molecule has 124 valence electrons. The van der Waals surface area contributed by atoms with E-state index < -0.39 is 28.9 Å². The first-order chi connectivity index (χ1) is 11.0. The topological polar surface area (TPSA) is 49.9 Å². The normalized spacial score (nSPS) is 19.2. The van der Waals surface area contributed by atoms with Crippen molar-refractivity contribution in [2.45, 2.75) is 18.9 Å². The van der Waals surface area contributed by atoms with Crippen molar-refractivity contribution in [3.8, 4) is 0 Å². The van der Waals surface area contributed by atoms with Gasteiger partial charge in [0.05, 0.1) is 12.1 Å². The molecule has 2 aliphatic heterocycles. The Hall–Kier alpha value is -2.25. The van der Waals surface area contributed by atoms with E-state index in [1.54, 1.807) is 4.90 Å². The molecular weight excluding hydrogens is 313 g/mol. The third-order valence-electron chi connectivity index (χ3n) is 4.25. The van der Waals surface area contributed by atoms with Crippen molar-refractivity contribution < 1.29 is 27.5 Å². The molecule has 0 atom stereocenters. The van der Waals surface area contributed by atoms with Crippen molar-refractivity contribution in [1.29, 1.82) is 0 Å². The lowest BCUT2D eigenvalue weighted by Crippen LogP contribution is -2.47. The standard InChI is InChI=1S/C15H15F3N2O3/c16-11-2-1-10(12(17)13(11)18)14(21)19-5-3-9(4-6-19)20-7-8-23-15(20)22/h1-2,9H,3-8H2. The maximum absolute atomic E-state index is 13.7. The first-order valence-electron chi connectivity index (χ1n) is 7.35. The zero-order chi connectivity index (χ0) is 16.6. The van der Waals surface area contributed by atoms with Crippen LogP contribution in [0, 0.1) is 17.5 Å². The number of likely N-dealkylation sites (tertiary alicyclic amines) is 1. The summed E-state index contributed by atoms with van der Waals surface area (Å²) in [6, 6.07) is 1.65. The molecule has 2 aliphatic rings. The second-order valence-electron chi connectivity index (χ2n) is 5.55. The number of halogens is 3. The monoisotopic (exact) mass is 328 g/mol. The van der Waals surface area contributed by atoms with Gasteiger partial charge in [-0.2, -0.15) is 0 Å². The van der Waals surface area contributed by atoms with Gasteiger partial charge in [-0.05, 0) is 25.0 Å². The Bertz CT molecular complexity index is 645. The minimum Gasteiger partial charge on any atom is -0.448 e. The highest BCUT2D eigenvalue weighted by Crippen LogP contribution is 2.23. The van der Waals surface area contributed by atoms with Crippen molar-refractivity contribution in [2.24, 2.45) is 0 Å². The summed E-state index contributed by atoms with van der Waals surface area (Å²) in [5, 5.41) is 0. The lowest BCUT2D eigenvalue weighted by Gasteiger charge is -2.35. The zero-order valence-electron chi connectivity index (χ0n) is 12.2. The van der Waals surface area contributed by atoms with E-state index in [0.717, 1.165) is 12.1 Å². The number of cyclic esters (lactones) is 1. The van der Waals surface area contributed by atoms with Crippen molar-refractivity contribution in [1.82, 2.24) is 9.80 Å². The molecule has 5 nitrogen and oxygen atoms in total. The van der Waals surface area contributed by atoms with Gasteiger partial charge in [-0.25, -0.2) is 18.0 Å². The molecule has 0 aromatic heterocycles. The summed E-state index contributed by atoms with van der Waals surface area (Å²) in [7, 11) is 0. The zero-order valence-corrected chi connectivity index (χ0v) is 12.2. The van der Waals surface area contributed by atoms with Crippen LogP contribution in [-0.2, 0) is 4.74 Å². The Morgan fingerprint density at radius 2 is 1.78 bits per heavy atom. The van der Waals surface area contributed by atoms with E-state index in [1.165, 1.54) is 4.90 Å². The molecule has 0 spiro atoms. The van der Waals surface area contributed by atoms with E-state index in [1.807, 2.05) is 0 Å². The second-order valence-corrected chi connectivity index (χ2v) is 5.55. The quantitative estimate of drug-likeness (QED) is 0.782. The molecule has 8 heteroatoms. The second kappa shape index (κ2) is 6.10. The van der Waals surface area contributed by atoms with Gasteiger partial charge in [0.15, 0.2) is 17.5 Å². The van der Waals surface area contributed by atoms with E-state index in [4.69, 9.17) is 4.74 Å². The van der Waals surface area contributed by atoms with Gasteiger partial charge in [-0.1, -0.05) is 0 Å². The van der Waals surface area contributed by atoms with Crippen LogP contribution in [0.25, 0.3) is 0 Å². The Morgan fingerprint density at radius 1 is 1.09 bits per heavy atom. The van der Waals surface area contributed by atoms with Crippen molar-refractivity contribution >= 4 is 12.0 Å². The van der Waals surface area contributed by atoms with Gasteiger partial charge in [0, 0.05) is 19.1 Å². The van der Waals surface area contributed by atoms with Gasteiger partial charge in [-0.3, -0.25) is 4.79 Å². The summed E-state index contributed by atoms with van der Waals surface area (Å²) < 4.78 is 44.8. The molecule has 0 unspecified atom stereocenters. The number of nitrogens with zero attached hydrogens (tertiary/aromatic N) is 2. The van der Waals surface area contributed by atoms with Crippen molar-refractivity contribution in [3.05, 3.63) is 35.1 Å². The fourth-order valence-electron chi connectivity index (χ4n) is 2.98. The van der Waals surface area contributed by atoms with Crippen LogP contribution in [0.2, 0.25) is 0 Å². The fourth-order valence-corrected chi connectivity index (χ4v) is 2.98. The Labute approximate surface area is 130 Å². The van der Waals surface area contributed by atoms with Crippen LogP contribution in [0.15, 0.2) is 12.1 Å². The minimum absolute atomic E-state index is 0.0242. The number of benzene rings is 1. The van der Waals surface area contributed by atoms with Gasteiger partial charge in [0.25, 0.3) is 5.91 Å². The summed E-state index contributed by atoms with van der Waals surface area (Å²) in [5.41, 5.74) is -0.483. The van der Waals surface area contributed by atoms with Crippen LogP contribution < -0.4 is 0 Å². The number of hydrogen-bond acceptors (Lipinski definition) is 3. The molecule has 3 rings (SSSR count). The van der Waals surface area contributed by atoms with Crippen molar-refractivity contribution in [3.63, 3.8) is 0 Å². The number of ether oxygens (including phenoxy) is 1. The average molecular weight is 328 g/mol. The van der Waals surface area contributed by atoms with E-state index >= 15 is 0 Å². The third kappa shape index (κ3) is 2.85. The molecule has 0 N–H and O–H groups in total. The van der Waals surface area contributed by atoms with Crippen molar-refractivity contribution in [2.75, 3.05) is 26.2 Å². The van der Waals surface area contributed by atoms with E-state index in [2.05, 4.69) is 0 Å². The van der Waals surface area contributed by atoms with Gasteiger partial charge < -0.3 is 14.5 Å². The number of piperidine rings is 1. The van der Waals surface area contributed by atoms with Gasteiger partial charge in [-0.15, -0.1) is 0 Å². The van der Waals surface area contributed by atoms with Crippen LogP contribution >= 0.6 is 0 Å². The van der Waals surface area contributed by atoms with Gasteiger partial charge >= 0.3 is 6.09 Å². The average Bonchev–Trinajstić information content (AvgIpc) is 2.98. The van der Waals surface area contributed by atoms with Gasteiger partial charge in [0.2, 0.25) is 0 Å². The predicted octanol–water partition coefficient (Wildman–Crippen LogP) is 2.16. The number of amides is 2. The van der Waals surface area contributed by atoms with E-state index in [9.17, 15) is 22.8 Å². The molecule has 0 aliphatic carbocycles. The maximum atomic E-state index is 13.7. The number of hydrogen-bond donors (Lipinski definition) is 0. The van der Waals surface area contributed by atoms with E-state index in [0.29, 0.717) is 39.1 Å². The highest BCUT2D eigenvalue weighted by atomic mass is 19.2. The third-order valence-corrected chi connectivity index (χ3v) is 4.25. The number of carbonyl (C=O) groups is 2. The maximum Gasteiger partial charge on any atom is 0.410 e. The summed E-state index contributed by atoms with van der Waals surface area (Å²) in [6.45, 7) is 1.50. The Morgan fingerprint density at radius 3 is 2.39 bits per heavy atom. The molecule has 0 saturated carbocycles. The van der Waals surface area contributed by atoms with Crippen LogP contribution in [0.3, 0.4) is 0 Å². The molecule has 2 saturated heterocycles. The smallest absolute Gasteiger partial charge is 0.410 e. The lowest BCUT2D eigenvalue weighted by molar-refractivity contribution is 0.0653. The van der Waals surface area contributed by atoms with Crippen LogP contribution in [0.4, 0.5) is 18.0 Å². The summed E-state index contributed by atoms with van der Waals surface area (Å²) in [5.74, 6) is -5.13. The van der Waals surface area contributed by atoms with Crippen LogP contribution in [-0.4, -0.2) is 54.1 Å². The summed E-state index contributed by atoms with van der Waals surface area (Å²) >= 11 is 0. The molecule has 23 heavy (non-hydrogen) atoms. The molecule has 0 bridgehead atoms. The molecule has 2 amide bonds. The molecule has 0 radical (unpaired) electrons. The largest absolute Gasteiger partial charge is 0.448 e. The first kappa shape index (κ1) is 15.6. The van der Waals surface area contributed by atoms with E-state index in [-0.39, 0.29) is 12.1 Å². The van der Waals surface area contributed by atoms with Gasteiger partial charge in [0.1, 0.15) is 6.61 Å². The van der Waals surface area contributed by atoms with Crippen LogP contribution in [0.1, 0.15) is 23.2 Å². The minimum atomic E-state index is -1.65. The molecule has 2 fully saturated rings. The number of carbonyl (C=O) groups excluding carboxylic acids is 2. The molecule has 2 heterocycles. The highest BCUT2D eigenvalue weighted by molar-refractivity contribution is 5.94. The fraction of sp³-hybridized carbons (Fsp3) is 0.467. The Kier molecular flexibility index (Phi) is 4.14. The SMILES string of the molecule is O=C(c1ccc(F)c(F)c1F)N1CCC(N2CCOC2=O)CC1. The summed E-state index contributed by atoms with van der Waals surface area (Å²) in [4.78, 5) is 26.8. The first-order valence-corrected chi connectivity index (χ1v) is 7.35. The number of rotatable bonds is 2. The molecule has 1 aromatic rings.